The van der Waals surface area contributed by atoms with E-state index in [1.54, 1.807) is 12.1 Å². The highest BCUT2D eigenvalue weighted by Crippen LogP contribution is 2.41. The number of pyridine rings is 1. The molecule has 0 saturated heterocycles. The molecule has 0 atom stereocenters. The van der Waals surface area contributed by atoms with E-state index in [4.69, 9.17) is 9.47 Å². The van der Waals surface area contributed by atoms with Gasteiger partial charge >= 0.3 is 0 Å². The fourth-order valence-corrected chi connectivity index (χ4v) is 4.03. The molecule has 0 aliphatic carbocycles. The summed E-state index contributed by atoms with van der Waals surface area (Å²) >= 11 is 1.36. The number of hydrogen-bond donors (Lipinski definition) is 1. The van der Waals surface area contributed by atoms with Gasteiger partial charge in [0.1, 0.15) is 18.8 Å². The maximum absolute atomic E-state index is 15.5. The number of hydrogen-bond acceptors (Lipinski definition) is 6. The summed E-state index contributed by atoms with van der Waals surface area (Å²) in [6.07, 6.45) is 2.62. The van der Waals surface area contributed by atoms with Gasteiger partial charge in [-0.1, -0.05) is 0 Å². The van der Waals surface area contributed by atoms with Crippen LogP contribution in [0.3, 0.4) is 0 Å². The molecule has 31 heavy (non-hydrogen) atoms. The van der Waals surface area contributed by atoms with Crippen molar-refractivity contribution in [1.29, 1.82) is 0 Å². The smallest absolute Gasteiger partial charge is 0.263 e. The molecule has 2 aromatic rings. The number of carbonyl (C=O) groups is 1. The van der Waals surface area contributed by atoms with Crippen LogP contribution in [0.1, 0.15) is 29.6 Å². The van der Waals surface area contributed by atoms with Crippen LogP contribution < -0.4 is 19.7 Å². The highest BCUT2D eigenvalue weighted by Gasteiger charge is 2.35. The second kappa shape index (κ2) is 8.86. The number of amides is 1. The van der Waals surface area contributed by atoms with Gasteiger partial charge in [0.15, 0.2) is 17.3 Å². The van der Waals surface area contributed by atoms with Crippen molar-refractivity contribution in [3.63, 3.8) is 0 Å². The molecule has 6 nitrogen and oxygen atoms in total. The summed E-state index contributed by atoms with van der Waals surface area (Å²) < 4.78 is 55.2. The van der Waals surface area contributed by atoms with Crippen molar-refractivity contribution in [2.75, 3.05) is 42.8 Å². The minimum atomic E-state index is -2.95. The fraction of sp³-hybridized carbons (Fsp3) is 0.429. The number of fused-ring (bicyclic) bond motifs is 2. The zero-order valence-corrected chi connectivity index (χ0v) is 17.7. The average Bonchev–Trinajstić information content (AvgIpc) is 2.78. The van der Waals surface area contributed by atoms with Crippen molar-refractivity contribution in [3.05, 3.63) is 35.8 Å². The largest absolute Gasteiger partial charge is 0.486 e. The Hall–Kier alpha value is -2.62. The van der Waals surface area contributed by atoms with Crippen molar-refractivity contribution in [3.8, 4) is 11.5 Å². The summed E-state index contributed by atoms with van der Waals surface area (Å²) in [7, 11) is 0. The lowest BCUT2D eigenvalue weighted by atomic mass is 10.1. The molecule has 1 aromatic carbocycles. The van der Waals surface area contributed by atoms with Gasteiger partial charge in [-0.25, -0.2) is 18.2 Å². The first kappa shape index (κ1) is 21.6. The van der Waals surface area contributed by atoms with Gasteiger partial charge in [-0.3, -0.25) is 4.79 Å². The van der Waals surface area contributed by atoms with E-state index in [1.165, 1.54) is 28.9 Å². The first-order valence-electron chi connectivity index (χ1n) is 9.95. The SMILES string of the molecule is CSc1cc(N2CCC(F)(F)CCCNc3cc4c(c(F)c3C2=O)OCCO4)ccn1. The number of anilines is 2. The minimum absolute atomic E-state index is 0.139. The predicted molar refractivity (Wildman–Crippen MR) is 112 cm³/mol. The van der Waals surface area contributed by atoms with Crippen LogP contribution >= 0.6 is 11.8 Å². The molecule has 0 radical (unpaired) electrons. The molecular formula is C21H22F3N3O3S. The van der Waals surface area contributed by atoms with E-state index >= 15 is 4.39 Å². The number of carbonyl (C=O) groups excluding carboxylic acids is 1. The van der Waals surface area contributed by atoms with Crippen LogP contribution in [0.2, 0.25) is 0 Å². The molecular weight excluding hydrogens is 431 g/mol. The number of nitrogens with zero attached hydrogens (tertiary/aromatic N) is 2. The lowest BCUT2D eigenvalue weighted by molar-refractivity contribution is -0.0147. The number of halogens is 3. The van der Waals surface area contributed by atoms with Gasteiger partial charge in [-0.05, 0) is 24.8 Å². The third-order valence-corrected chi connectivity index (χ3v) is 5.85. The molecule has 3 heterocycles. The second-order valence-electron chi connectivity index (χ2n) is 7.29. The van der Waals surface area contributed by atoms with E-state index in [0.717, 1.165) is 0 Å². The summed E-state index contributed by atoms with van der Waals surface area (Å²) in [6, 6.07) is 4.68. The van der Waals surface area contributed by atoms with Gasteiger partial charge in [-0.2, -0.15) is 0 Å². The molecule has 2 aliphatic heterocycles. The van der Waals surface area contributed by atoms with Crippen LogP contribution in [-0.4, -0.2) is 49.4 Å². The number of ether oxygens (including phenoxy) is 2. The fourth-order valence-electron chi connectivity index (χ4n) is 3.63. The molecule has 2 aliphatic rings. The van der Waals surface area contributed by atoms with Crippen molar-refractivity contribution >= 4 is 29.0 Å². The molecule has 0 unspecified atom stereocenters. The Balaban J connectivity index is 1.83. The van der Waals surface area contributed by atoms with E-state index in [-0.39, 0.29) is 61.9 Å². The van der Waals surface area contributed by atoms with Crippen molar-refractivity contribution in [2.24, 2.45) is 0 Å². The summed E-state index contributed by atoms with van der Waals surface area (Å²) in [4.78, 5) is 18.9. The van der Waals surface area contributed by atoms with Gasteiger partial charge in [0.05, 0.1) is 10.7 Å². The molecule has 4 rings (SSSR count). The summed E-state index contributed by atoms with van der Waals surface area (Å²) in [5, 5.41) is 3.56. The van der Waals surface area contributed by atoms with Gasteiger partial charge in [0.2, 0.25) is 5.92 Å². The molecule has 0 spiro atoms. The molecule has 0 fully saturated rings. The molecule has 166 valence electrons. The zero-order chi connectivity index (χ0) is 22.0. The maximum Gasteiger partial charge on any atom is 0.263 e. The molecule has 0 bridgehead atoms. The van der Waals surface area contributed by atoms with E-state index in [1.807, 2.05) is 6.26 Å². The van der Waals surface area contributed by atoms with Crippen molar-refractivity contribution in [2.45, 2.75) is 30.2 Å². The Labute approximate surface area is 182 Å². The Kier molecular flexibility index (Phi) is 6.17. The number of aromatic nitrogens is 1. The standard InChI is InChI=1S/C21H22F3N3O3S/c1-31-16-11-13(3-7-26-16)27-8-5-21(23,24)4-2-6-25-14-12-15-19(30-10-9-29-15)18(22)17(14)20(27)28/h3,7,11-12,25H,2,4-6,8-10H2,1H3. The number of rotatable bonds is 2. The number of benzene rings is 1. The quantitative estimate of drug-likeness (QED) is 0.671. The average molecular weight is 453 g/mol. The molecule has 10 heteroatoms. The maximum atomic E-state index is 15.5. The number of thioether (sulfide) groups is 1. The van der Waals surface area contributed by atoms with E-state index in [9.17, 15) is 13.6 Å². The number of nitrogens with one attached hydrogen (secondary N) is 1. The van der Waals surface area contributed by atoms with Gasteiger partial charge < -0.3 is 19.7 Å². The lowest BCUT2D eigenvalue weighted by Gasteiger charge is -2.27. The van der Waals surface area contributed by atoms with Crippen LogP contribution in [0.5, 0.6) is 11.5 Å². The molecule has 1 amide bonds. The predicted octanol–water partition coefficient (Wildman–Crippen LogP) is 4.59. The first-order valence-corrected chi connectivity index (χ1v) is 11.2. The minimum Gasteiger partial charge on any atom is -0.486 e. The van der Waals surface area contributed by atoms with Gasteiger partial charge in [-0.15, -0.1) is 11.8 Å². The van der Waals surface area contributed by atoms with Crippen LogP contribution in [0, 0.1) is 5.82 Å². The Morgan fingerprint density at radius 1 is 1.23 bits per heavy atom. The third kappa shape index (κ3) is 4.53. The van der Waals surface area contributed by atoms with Crippen molar-refractivity contribution < 1.29 is 27.4 Å². The number of alkyl halides is 2. The lowest BCUT2D eigenvalue weighted by Crippen LogP contribution is -2.36. The molecule has 1 aromatic heterocycles. The highest BCUT2D eigenvalue weighted by atomic mass is 32.2. The summed E-state index contributed by atoms with van der Waals surface area (Å²) in [5.41, 5.74) is 0.317. The van der Waals surface area contributed by atoms with Crippen LogP contribution in [0.25, 0.3) is 0 Å². The monoisotopic (exact) mass is 453 g/mol. The first-order chi connectivity index (χ1) is 14.9. The highest BCUT2D eigenvalue weighted by molar-refractivity contribution is 7.98. The zero-order valence-electron chi connectivity index (χ0n) is 16.9. The van der Waals surface area contributed by atoms with Crippen LogP contribution in [-0.2, 0) is 0 Å². The third-order valence-electron chi connectivity index (χ3n) is 5.21. The van der Waals surface area contributed by atoms with Crippen LogP contribution in [0.15, 0.2) is 29.4 Å². The Morgan fingerprint density at radius 3 is 2.84 bits per heavy atom. The molecule has 1 N–H and O–H groups in total. The topological polar surface area (TPSA) is 63.7 Å². The van der Waals surface area contributed by atoms with E-state index in [0.29, 0.717) is 10.7 Å². The van der Waals surface area contributed by atoms with Gasteiger partial charge in [0, 0.05) is 43.9 Å². The van der Waals surface area contributed by atoms with Gasteiger partial charge in [0.25, 0.3) is 5.91 Å². The summed E-state index contributed by atoms with van der Waals surface area (Å²) in [5.74, 6) is -4.49. The normalized spacial score (nSPS) is 18.6. The van der Waals surface area contributed by atoms with E-state index in [2.05, 4.69) is 10.3 Å². The van der Waals surface area contributed by atoms with Crippen molar-refractivity contribution in [1.82, 2.24) is 4.98 Å². The van der Waals surface area contributed by atoms with E-state index < -0.39 is 24.1 Å². The molecule has 0 saturated carbocycles. The van der Waals surface area contributed by atoms with Crippen LogP contribution in [0.4, 0.5) is 24.5 Å². The second-order valence-corrected chi connectivity index (χ2v) is 8.11. The Morgan fingerprint density at radius 2 is 2.03 bits per heavy atom. The Bertz CT molecular complexity index is 990. The summed E-state index contributed by atoms with van der Waals surface area (Å²) in [6.45, 7) is 0.311.